The van der Waals surface area contributed by atoms with Gasteiger partial charge in [0.1, 0.15) is 5.69 Å². The molecule has 6 nitrogen and oxygen atoms in total. The minimum atomic E-state index is -1.07. The normalized spacial score (nSPS) is 10.1. The highest BCUT2D eigenvalue weighted by Gasteiger charge is 2.05. The summed E-state index contributed by atoms with van der Waals surface area (Å²) in [6.07, 6.45) is 1.43. The van der Waals surface area contributed by atoms with Gasteiger partial charge in [-0.05, 0) is 33.6 Å². The Kier molecular flexibility index (Phi) is 5.29. The number of amides is 2. The van der Waals surface area contributed by atoms with Crippen LogP contribution in [0.15, 0.2) is 34.2 Å². The van der Waals surface area contributed by atoms with Gasteiger partial charge in [-0.15, -0.1) is 11.3 Å². The van der Waals surface area contributed by atoms with Crippen LogP contribution >= 0.6 is 27.3 Å². The van der Waals surface area contributed by atoms with Crippen LogP contribution in [0.2, 0.25) is 0 Å². The summed E-state index contributed by atoms with van der Waals surface area (Å²) in [4.78, 5) is 27.1. The Morgan fingerprint density at radius 3 is 2.62 bits per heavy atom. The molecule has 0 aliphatic carbocycles. The Morgan fingerprint density at radius 1 is 1.29 bits per heavy atom. The second-order valence-corrected chi connectivity index (χ2v) is 6.04. The molecule has 0 spiro atoms. The number of urea groups is 1. The van der Waals surface area contributed by atoms with Crippen molar-refractivity contribution in [2.75, 3.05) is 0 Å². The molecule has 0 unspecified atom stereocenters. The predicted molar refractivity (Wildman–Crippen MR) is 82.3 cm³/mol. The van der Waals surface area contributed by atoms with E-state index in [0.717, 1.165) is 14.9 Å². The molecule has 0 aliphatic rings. The highest BCUT2D eigenvalue weighted by atomic mass is 79.9. The zero-order valence-corrected chi connectivity index (χ0v) is 13.2. The van der Waals surface area contributed by atoms with Crippen LogP contribution in [-0.4, -0.2) is 22.1 Å². The third-order valence-corrected chi connectivity index (χ3v) is 4.24. The van der Waals surface area contributed by atoms with Gasteiger partial charge in [0.2, 0.25) is 0 Å². The number of nitrogens with zero attached hydrogens (tertiary/aromatic N) is 1. The Hall–Kier alpha value is -1.93. The number of rotatable bonds is 5. The van der Waals surface area contributed by atoms with Gasteiger partial charge in [0.25, 0.3) is 0 Å². The van der Waals surface area contributed by atoms with Gasteiger partial charge >= 0.3 is 12.0 Å². The summed E-state index contributed by atoms with van der Waals surface area (Å²) >= 11 is 4.91. The number of halogens is 1. The van der Waals surface area contributed by atoms with Gasteiger partial charge < -0.3 is 15.7 Å². The summed E-state index contributed by atoms with van der Waals surface area (Å²) < 4.78 is 0.995. The van der Waals surface area contributed by atoms with Gasteiger partial charge in [-0.1, -0.05) is 6.07 Å². The number of carboxylic acids is 1. The fourth-order valence-electron chi connectivity index (χ4n) is 1.51. The third-order valence-electron chi connectivity index (χ3n) is 2.54. The molecule has 0 saturated heterocycles. The van der Waals surface area contributed by atoms with Crippen molar-refractivity contribution in [3.05, 3.63) is 50.4 Å². The average molecular weight is 370 g/mol. The fourth-order valence-corrected chi connectivity index (χ4v) is 2.91. The summed E-state index contributed by atoms with van der Waals surface area (Å²) in [5.74, 6) is -1.07. The summed E-state index contributed by atoms with van der Waals surface area (Å²) in [7, 11) is 0. The van der Waals surface area contributed by atoms with Gasteiger partial charge in [0, 0.05) is 27.5 Å². The van der Waals surface area contributed by atoms with Crippen molar-refractivity contribution < 1.29 is 14.7 Å². The van der Waals surface area contributed by atoms with Crippen LogP contribution in [0.5, 0.6) is 0 Å². The molecule has 2 aromatic heterocycles. The van der Waals surface area contributed by atoms with Crippen LogP contribution in [0.4, 0.5) is 4.79 Å². The maximum Gasteiger partial charge on any atom is 0.354 e. The van der Waals surface area contributed by atoms with Gasteiger partial charge in [-0.3, -0.25) is 0 Å². The van der Waals surface area contributed by atoms with Crippen LogP contribution < -0.4 is 10.6 Å². The highest BCUT2D eigenvalue weighted by Crippen LogP contribution is 2.19. The molecule has 0 bridgehead atoms. The lowest BCUT2D eigenvalue weighted by Gasteiger charge is -2.06. The minimum absolute atomic E-state index is 0.0218. The van der Waals surface area contributed by atoms with E-state index >= 15 is 0 Å². The first-order valence-electron chi connectivity index (χ1n) is 5.97. The lowest BCUT2D eigenvalue weighted by Crippen LogP contribution is -2.34. The summed E-state index contributed by atoms with van der Waals surface area (Å²) in [6, 6.07) is 4.68. The smallest absolute Gasteiger partial charge is 0.354 e. The van der Waals surface area contributed by atoms with Crippen molar-refractivity contribution in [1.82, 2.24) is 15.6 Å². The van der Waals surface area contributed by atoms with E-state index < -0.39 is 5.97 Å². The molecule has 2 amide bonds. The SMILES string of the molecule is O=C(NCc1ccc(C(=O)O)nc1)NCc1cc(Br)cs1. The van der Waals surface area contributed by atoms with E-state index in [1.807, 2.05) is 11.4 Å². The van der Waals surface area contributed by atoms with Crippen molar-refractivity contribution >= 4 is 39.3 Å². The van der Waals surface area contributed by atoms with E-state index in [1.54, 1.807) is 17.4 Å². The molecular weight excluding hydrogens is 358 g/mol. The van der Waals surface area contributed by atoms with E-state index in [-0.39, 0.29) is 18.3 Å². The first kappa shape index (κ1) is 15.5. The number of pyridine rings is 1. The second-order valence-electron chi connectivity index (χ2n) is 4.12. The van der Waals surface area contributed by atoms with Crippen LogP contribution in [-0.2, 0) is 13.1 Å². The molecule has 2 rings (SSSR count). The zero-order chi connectivity index (χ0) is 15.2. The monoisotopic (exact) mass is 369 g/mol. The number of hydrogen-bond donors (Lipinski definition) is 3. The molecule has 0 aromatic carbocycles. The van der Waals surface area contributed by atoms with E-state index in [1.165, 1.54) is 12.3 Å². The molecule has 8 heteroatoms. The van der Waals surface area contributed by atoms with E-state index in [9.17, 15) is 9.59 Å². The number of hydrogen-bond acceptors (Lipinski definition) is 4. The van der Waals surface area contributed by atoms with Crippen LogP contribution in [0, 0.1) is 0 Å². The predicted octanol–water partition coefficient (Wildman–Crippen LogP) is 2.60. The molecule has 0 fully saturated rings. The largest absolute Gasteiger partial charge is 0.477 e. The number of aromatic nitrogens is 1. The molecule has 3 N–H and O–H groups in total. The van der Waals surface area contributed by atoms with Gasteiger partial charge in [-0.2, -0.15) is 0 Å². The fraction of sp³-hybridized carbons (Fsp3) is 0.154. The van der Waals surface area contributed by atoms with Gasteiger partial charge in [0.15, 0.2) is 0 Å². The van der Waals surface area contributed by atoms with E-state index in [4.69, 9.17) is 5.11 Å². The number of nitrogens with one attached hydrogen (secondary N) is 2. The van der Waals surface area contributed by atoms with Gasteiger partial charge in [-0.25, -0.2) is 14.6 Å². The number of carbonyl (C=O) groups excluding carboxylic acids is 1. The van der Waals surface area contributed by atoms with Crippen molar-refractivity contribution in [2.24, 2.45) is 0 Å². The molecular formula is C13H12BrN3O3S. The molecule has 110 valence electrons. The Labute approximate surface area is 133 Å². The lowest BCUT2D eigenvalue weighted by atomic mass is 10.2. The van der Waals surface area contributed by atoms with Crippen LogP contribution in [0.1, 0.15) is 20.9 Å². The third kappa shape index (κ3) is 4.83. The van der Waals surface area contributed by atoms with Crippen LogP contribution in [0.25, 0.3) is 0 Å². The van der Waals surface area contributed by atoms with Crippen molar-refractivity contribution in [2.45, 2.75) is 13.1 Å². The second kappa shape index (κ2) is 7.19. The lowest BCUT2D eigenvalue weighted by molar-refractivity contribution is 0.0690. The maximum atomic E-state index is 11.6. The molecule has 0 radical (unpaired) electrons. The quantitative estimate of drug-likeness (QED) is 0.755. The van der Waals surface area contributed by atoms with Crippen LogP contribution in [0.3, 0.4) is 0 Å². The molecule has 0 aliphatic heterocycles. The van der Waals surface area contributed by atoms with Crippen molar-refractivity contribution in [3.8, 4) is 0 Å². The number of carboxylic acid groups (broad SMARTS) is 1. The standard InChI is InChI=1S/C13H12BrN3O3S/c14-9-3-10(21-7-9)6-17-13(20)16-5-8-1-2-11(12(18)19)15-4-8/h1-4,7H,5-6H2,(H,18,19)(H2,16,17,20). The Morgan fingerprint density at radius 2 is 2.05 bits per heavy atom. The summed E-state index contributed by atoms with van der Waals surface area (Å²) in [5, 5.41) is 16.1. The molecule has 2 heterocycles. The first-order valence-corrected chi connectivity index (χ1v) is 7.64. The number of carbonyl (C=O) groups is 2. The van der Waals surface area contributed by atoms with Crippen molar-refractivity contribution in [3.63, 3.8) is 0 Å². The van der Waals surface area contributed by atoms with Gasteiger partial charge in [0.05, 0.1) is 6.54 Å². The Bertz CT molecular complexity index is 642. The highest BCUT2D eigenvalue weighted by molar-refractivity contribution is 9.10. The average Bonchev–Trinajstić information content (AvgIpc) is 2.89. The maximum absolute atomic E-state index is 11.6. The summed E-state index contributed by atoms with van der Waals surface area (Å²) in [6.45, 7) is 0.741. The zero-order valence-electron chi connectivity index (χ0n) is 10.8. The molecule has 0 saturated carbocycles. The Balaban J connectivity index is 1.77. The number of thiophene rings is 1. The molecule has 21 heavy (non-hydrogen) atoms. The van der Waals surface area contributed by atoms with E-state index in [2.05, 4.69) is 31.5 Å². The molecule has 0 atom stereocenters. The first-order chi connectivity index (χ1) is 10.0. The van der Waals surface area contributed by atoms with Crippen molar-refractivity contribution in [1.29, 1.82) is 0 Å². The number of aromatic carboxylic acids is 1. The molecule has 2 aromatic rings. The van der Waals surface area contributed by atoms with E-state index in [0.29, 0.717) is 6.54 Å². The summed E-state index contributed by atoms with van der Waals surface area (Å²) in [5.41, 5.74) is 0.709. The topological polar surface area (TPSA) is 91.3 Å². The minimum Gasteiger partial charge on any atom is -0.477 e.